The van der Waals surface area contributed by atoms with Crippen molar-refractivity contribution in [2.24, 2.45) is 17.3 Å². The Morgan fingerprint density at radius 1 is 1.46 bits per heavy atom. The summed E-state index contributed by atoms with van der Waals surface area (Å²) in [4.78, 5) is 0. The lowest BCUT2D eigenvalue weighted by atomic mass is 9.52. The van der Waals surface area contributed by atoms with Crippen LogP contribution in [0.2, 0.25) is 0 Å². The van der Waals surface area contributed by atoms with Crippen molar-refractivity contribution in [3.05, 3.63) is 12.7 Å². The molecule has 1 fully saturated rings. The molecule has 3 atom stereocenters. The van der Waals surface area contributed by atoms with E-state index in [2.05, 4.69) is 33.4 Å². The van der Waals surface area contributed by atoms with Gasteiger partial charge >= 0.3 is 0 Å². The van der Waals surface area contributed by atoms with E-state index in [9.17, 15) is 0 Å². The number of unbranched alkanes of at least 4 members (excludes halogenated alkanes) is 1. The normalized spacial score (nSPS) is 38.4. The van der Waals surface area contributed by atoms with Crippen LogP contribution < -0.4 is 0 Å². The van der Waals surface area contributed by atoms with Crippen LogP contribution >= 0.6 is 0 Å². The fourth-order valence-electron chi connectivity index (χ4n) is 2.88. The van der Waals surface area contributed by atoms with Gasteiger partial charge in [-0.2, -0.15) is 0 Å². The van der Waals surface area contributed by atoms with Crippen molar-refractivity contribution in [3.63, 3.8) is 0 Å². The molecule has 0 saturated heterocycles. The fourth-order valence-corrected chi connectivity index (χ4v) is 2.88. The van der Waals surface area contributed by atoms with Crippen LogP contribution in [-0.2, 0) is 0 Å². The minimum atomic E-state index is 0.583. The van der Waals surface area contributed by atoms with E-state index in [0.29, 0.717) is 5.41 Å². The molecule has 0 radical (unpaired) electrons. The molecule has 13 heavy (non-hydrogen) atoms. The lowest BCUT2D eigenvalue weighted by Crippen LogP contribution is -2.44. The van der Waals surface area contributed by atoms with Crippen LogP contribution in [0.4, 0.5) is 0 Å². The van der Waals surface area contributed by atoms with E-state index in [1.54, 1.807) is 0 Å². The quantitative estimate of drug-likeness (QED) is 0.550. The van der Waals surface area contributed by atoms with Gasteiger partial charge in [-0.3, -0.25) is 0 Å². The Hall–Kier alpha value is -0.260. The van der Waals surface area contributed by atoms with Gasteiger partial charge < -0.3 is 0 Å². The van der Waals surface area contributed by atoms with E-state index in [-0.39, 0.29) is 0 Å². The molecule has 1 rings (SSSR count). The fraction of sp³-hybridized carbons (Fsp3) is 0.846. The molecule has 0 aromatic carbocycles. The maximum atomic E-state index is 3.98. The highest BCUT2D eigenvalue weighted by Gasteiger charge is 2.46. The smallest absolute Gasteiger partial charge is 0.0154 e. The average Bonchev–Trinajstić information content (AvgIpc) is 2.12. The molecular formula is C13H24. The van der Waals surface area contributed by atoms with Crippen molar-refractivity contribution in [1.29, 1.82) is 0 Å². The monoisotopic (exact) mass is 180 g/mol. The van der Waals surface area contributed by atoms with Crippen LogP contribution in [0.25, 0.3) is 0 Å². The second-order valence-electron chi connectivity index (χ2n) is 4.88. The van der Waals surface area contributed by atoms with E-state index in [4.69, 9.17) is 0 Å². The first-order chi connectivity index (χ1) is 6.18. The molecule has 1 aliphatic rings. The van der Waals surface area contributed by atoms with Crippen molar-refractivity contribution >= 4 is 0 Å². The third-order valence-electron chi connectivity index (χ3n) is 4.03. The third kappa shape index (κ3) is 1.98. The first kappa shape index (κ1) is 10.8. The SMILES string of the molecule is C=CC1C(CCCC)CC1(C)CC. The molecule has 1 aliphatic carbocycles. The maximum Gasteiger partial charge on any atom is -0.0154 e. The molecule has 3 unspecified atom stereocenters. The van der Waals surface area contributed by atoms with Crippen molar-refractivity contribution in [1.82, 2.24) is 0 Å². The van der Waals surface area contributed by atoms with Crippen LogP contribution in [-0.4, -0.2) is 0 Å². The number of rotatable bonds is 5. The Balaban J connectivity index is 2.42. The zero-order valence-electron chi connectivity index (χ0n) is 9.47. The van der Waals surface area contributed by atoms with Crippen LogP contribution in [0.3, 0.4) is 0 Å². The Labute approximate surface area is 83.4 Å². The molecule has 0 heterocycles. The van der Waals surface area contributed by atoms with Gasteiger partial charge in [-0.1, -0.05) is 46.1 Å². The summed E-state index contributed by atoms with van der Waals surface area (Å²) in [6, 6.07) is 0. The van der Waals surface area contributed by atoms with Gasteiger partial charge in [-0.25, -0.2) is 0 Å². The molecule has 0 heteroatoms. The molecule has 76 valence electrons. The second kappa shape index (κ2) is 4.30. The van der Waals surface area contributed by atoms with E-state index in [1.165, 1.54) is 32.1 Å². The summed E-state index contributed by atoms with van der Waals surface area (Å²) in [6.45, 7) is 11.0. The van der Waals surface area contributed by atoms with Gasteiger partial charge in [0.15, 0.2) is 0 Å². The Morgan fingerprint density at radius 3 is 2.62 bits per heavy atom. The minimum Gasteiger partial charge on any atom is -0.103 e. The van der Waals surface area contributed by atoms with Crippen molar-refractivity contribution < 1.29 is 0 Å². The standard InChI is InChI=1S/C13H24/c1-5-8-9-11-10-13(4,7-3)12(11)6-2/h6,11-12H,2,5,7-10H2,1,3-4H3. The summed E-state index contributed by atoms with van der Waals surface area (Å²) in [5, 5.41) is 0. The van der Waals surface area contributed by atoms with Gasteiger partial charge in [0, 0.05) is 0 Å². The zero-order valence-corrected chi connectivity index (χ0v) is 9.47. The lowest BCUT2D eigenvalue weighted by Gasteiger charge is -2.52. The first-order valence-corrected chi connectivity index (χ1v) is 5.80. The van der Waals surface area contributed by atoms with E-state index >= 15 is 0 Å². The van der Waals surface area contributed by atoms with Crippen LogP contribution in [0.1, 0.15) is 52.9 Å². The Morgan fingerprint density at radius 2 is 2.15 bits per heavy atom. The van der Waals surface area contributed by atoms with Crippen molar-refractivity contribution in [2.45, 2.75) is 52.9 Å². The largest absolute Gasteiger partial charge is 0.103 e. The number of allylic oxidation sites excluding steroid dienone is 1. The predicted octanol–water partition coefficient (Wildman–Crippen LogP) is 4.42. The highest BCUT2D eigenvalue weighted by Crippen LogP contribution is 2.55. The molecule has 0 spiro atoms. The summed E-state index contributed by atoms with van der Waals surface area (Å²) in [6.07, 6.45) is 9.10. The van der Waals surface area contributed by atoms with Gasteiger partial charge in [-0.05, 0) is 30.1 Å². The molecule has 0 N–H and O–H groups in total. The summed E-state index contributed by atoms with van der Waals surface area (Å²) in [5.41, 5.74) is 0.583. The molecule has 0 amide bonds. The summed E-state index contributed by atoms with van der Waals surface area (Å²) in [7, 11) is 0. The molecule has 1 saturated carbocycles. The van der Waals surface area contributed by atoms with Gasteiger partial charge in [0.1, 0.15) is 0 Å². The summed E-state index contributed by atoms with van der Waals surface area (Å²) < 4.78 is 0. The zero-order chi connectivity index (χ0) is 9.90. The highest BCUT2D eigenvalue weighted by atomic mass is 14.5. The van der Waals surface area contributed by atoms with Crippen LogP contribution in [0.5, 0.6) is 0 Å². The predicted molar refractivity (Wildman–Crippen MR) is 59.7 cm³/mol. The first-order valence-electron chi connectivity index (χ1n) is 5.80. The van der Waals surface area contributed by atoms with Crippen LogP contribution in [0.15, 0.2) is 12.7 Å². The highest BCUT2D eigenvalue weighted by molar-refractivity contribution is 5.05. The third-order valence-corrected chi connectivity index (χ3v) is 4.03. The van der Waals surface area contributed by atoms with Crippen molar-refractivity contribution in [2.75, 3.05) is 0 Å². The van der Waals surface area contributed by atoms with E-state index < -0.39 is 0 Å². The van der Waals surface area contributed by atoms with Gasteiger partial charge in [-0.15, -0.1) is 6.58 Å². The summed E-state index contributed by atoms with van der Waals surface area (Å²) >= 11 is 0. The molecular weight excluding hydrogens is 156 g/mol. The molecule has 0 aliphatic heterocycles. The molecule has 0 aromatic rings. The molecule has 0 aromatic heterocycles. The Bertz CT molecular complexity index is 171. The minimum absolute atomic E-state index is 0.583. The number of hydrogen-bond donors (Lipinski definition) is 0. The van der Waals surface area contributed by atoms with Crippen LogP contribution in [0, 0.1) is 17.3 Å². The van der Waals surface area contributed by atoms with Gasteiger partial charge in [0.25, 0.3) is 0 Å². The number of hydrogen-bond acceptors (Lipinski definition) is 0. The molecule has 0 bridgehead atoms. The van der Waals surface area contributed by atoms with Crippen molar-refractivity contribution in [3.8, 4) is 0 Å². The van der Waals surface area contributed by atoms with Gasteiger partial charge in [0.2, 0.25) is 0 Å². The second-order valence-corrected chi connectivity index (χ2v) is 4.88. The molecule has 0 nitrogen and oxygen atoms in total. The topological polar surface area (TPSA) is 0 Å². The van der Waals surface area contributed by atoms with Gasteiger partial charge in [0.05, 0.1) is 0 Å². The van der Waals surface area contributed by atoms with E-state index in [0.717, 1.165) is 11.8 Å². The maximum absolute atomic E-state index is 3.98. The average molecular weight is 180 g/mol. The lowest BCUT2D eigenvalue weighted by molar-refractivity contribution is -0.00248. The van der Waals surface area contributed by atoms with E-state index in [1.807, 2.05) is 0 Å². The Kier molecular flexibility index (Phi) is 3.58. The summed E-state index contributed by atoms with van der Waals surface area (Å²) in [5.74, 6) is 1.74.